The lowest BCUT2D eigenvalue weighted by atomic mass is 10.1. The standard InChI is InChI=1S/C25H35N3O4/c1-6-14-28(17-19-8-13-22(32-15-7-2)23(16-19)31-5)18-24(29)26-21-11-9-20(10-12-21)25(30)27(3)4/h8-13,16H,6-7,14-15,17-18H2,1-5H3,(H,26,29). The Bertz CT molecular complexity index is 881. The highest BCUT2D eigenvalue weighted by Crippen LogP contribution is 2.28. The summed E-state index contributed by atoms with van der Waals surface area (Å²) >= 11 is 0. The second kappa shape index (κ2) is 12.7. The molecule has 0 radical (unpaired) electrons. The highest BCUT2D eigenvalue weighted by atomic mass is 16.5. The zero-order valence-corrected chi connectivity index (χ0v) is 19.8. The molecule has 0 aromatic heterocycles. The summed E-state index contributed by atoms with van der Waals surface area (Å²) in [5, 5.41) is 2.92. The van der Waals surface area contributed by atoms with Crippen LogP contribution in [0, 0.1) is 0 Å². The van der Waals surface area contributed by atoms with Gasteiger partial charge in [-0.3, -0.25) is 14.5 Å². The van der Waals surface area contributed by atoms with Gasteiger partial charge >= 0.3 is 0 Å². The quantitative estimate of drug-likeness (QED) is 0.538. The smallest absolute Gasteiger partial charge is 0.253 e. The van der Waals surface area contributed by atoms with Gasteiger partial charge in [0.2, 0.25) is 5.91 Å². The van der Waals surface area contributed by atoms with Crippen LogP contribution in [-0.2, 0) is 11.3 Å². The van der Waals surface area contributed by atoms with Crippen molar-refractivity contribution in [2.75, 3.05) is 46.2 Å². The molecule has 2 rings (SSSR count). The maximum Gasteiger partial charge on any atom is 0.253 e. The normalized spacial score (nSPS) is 10.7. The molecule has 0 aliphatic rings. The van der Waals surface area contributed by atoms with Gasteiger partial charge in [-0.15, -0.1) is 0 Å². The van der Waals surface area contributed by atoms with E-state index in [-0.39, 0.29) is 18.4 Å². The molecule has 0 bridgehead atoms. The molecule has 2 aromatic rings. The molecule has 0 heterocycles. The molecular weight excluding hydrogens is 406 g/mol. The number of hydrogen-bond donors (Lipinski definition) is 1. The first kappa shape index (κ1) is 25.2. The predicted molar refractivity (Wildman–Crippen MR) is 127 cm³/mol. The Labute approximate surface area is 191 Å². The molecule has 174 valence electrons. The van der Waals surface area contributed by atoms with Crippen LogP contribution in [0.5, 0.6) is 11.5 Å². The molecule has 0 atom stereocenters. The fraction of sp³-hybridized carbons (Fsp3) is 0.440. The van der Waals surface area contributed by atoms with Gasteiger partial charge in [-0.05, 0) is 61.3 Å². The maximum absolute atomic E-state index is 12.6. The van der Waals surface area contributed by atoms with Crippen LogP contribution >= 0.6 is 0 Å². The van der Waals surface area contributed by atoms with Gasteiger partial charge in [0.1, 0.15) is 0 Å². The van der Waals surface area contributed by atoms with E-state index in [1.807, 2.05) is 18.2 Å². The Morgan fingerprint density at radius 3 is 2.28 bits per heavy atom. The first-order chi connectivity index (χ1) is 15.4. The first-order valence-corrected chi connectivity index (χ1v) is 11.0. The molecule has 0 saturated carbocycles. The third-order valence-electron chi connectivity index (χ3n) is 4.82. The topological polar surface area (TPSA) is 71.1 Å². The van der Waals surface area contributed by atoms with Crippen molar-refractivity contribution in [3.63, 3.8) is 0 Å². The highest BCUT2D eigenvalue weighted by molar-refractivity contribution is 5.96. The van der Waals surface area contributed by atoms with E-state index in [9.17, 15) is 9.59 Å². The Balaban J connectivity index is 2.00. The van der Waals surface area contributed by atoms with Gasteiger partial charge in [-0.1, -0.05) is 19.9 Å². The molecule has 0 aliphatic heterocycles. The average Bonchev–Trinajstić information content (AvgIpc) is 2.78. The minimum Gasteiger partial charge on any atom is -0.493 e. The molecule has 0 saturated heterocycles. The molecule has 0 aliphatic carbocycles. The molecular formula is C25H35N3O4. The SMILES string of the molecule is CCCOc1ccc(CN(CCC)CC(=O)Nc2ccc(C(=O)N(C)C)cc2)cc1OC. The van der Waals surface area contributed by atoms with Gasteiger partial charge < -0.3 is 19.7 Å². The molecule has 1 N–H and O–H groups in total. The summed E-state index contributed by atoms with van der Waals surface area (Å²) in [4.78, 5) is 28.3. The van der Waals surface area contributed by atoms with Crippen molar-refractivity contribution >= 4 is 17.5 Å². The van der Waals surface area contributed by atoms with E-state index in [1.165, 1.54) is 4.90 Å². The van der Waals surface area contributed by atoms with E-state index in [0.717, 1.165) is 30.7 Å². The maximum atomic E-state index is 12.6. The molecule has 0 fully saturated rings. The third-order valence-corrected chi connectivity index (χ3v) is 4.82. The van der Waals surface area contributed by atoms with Crippen LogP contribution in [0.4, 0.5) is 5.69 Å². The lowest BCUT2D eigenvalue weighted by Crippen LogP contribution is -2.33. The fourth-order valence-electron chi connectivity index (χ4n) is 3.29. The van der Waals surface area contributed by atoms with Crippen LogP contribution < -0.4 is 14.8 Å². The number of rotatable bonds is 12. The fourth-order valence-corrected chi connectivity index (χ4v) is 3.29. The highest BCUT2D eigenvalue weighted by Gasteiger charge is 2.14. The van der Waals surface area contributed by atoms with Crippen molar-refractivity contribution in [3.05, 3.63) is 53.6 Å². The second-order valence-corrected chi connectivity index (χ2v) is 7.87. The van der Waals surface area contributed by atoms with Gasteiger partial charge in [0.05, 0.1) is 20.3 Å². The first-order valence-electron chi connectivity index (χ1n) is 11.0. The van der Waals surface area contributed by atoms with Gasteiger partial charge in [-0.25, -0.2) is 0 Å². The number of anilines is 1. The predicted octanol–water partition coefficient (Wildman–Crippen LogP) is 4.04. The molecule has 2 aromatic carbocycles. The Morgan fingerprint density at radius 2 is 1.69 bits per heavy atom. The number of nitrogens with zero attached hydrogens (tertiary/aromatic N) is 2. The minimum atomic E-state index is -0.0972. The number of carbonyl (C=O) groups excluding carboxylic acids is 2. The summed E-state index contributed by atoms with van der Waals surface area (Å²) in [5.74, 6) is 1.26. The number of nitrogens with one attached hydrogen (secondary N) is 1. The summed E-state index contributed by atoms with van der Waals surface area (Å²) in [6.45, 7) is 6.48. The summed E-state index contributed by atoms with van der Waals surface area (Å²) < 4.78 is 11.2. The molecule has 0 spiro atoms. The Kier molecular flexibility index (Phi) is 10.0. The summed E-state index contributed by atoms with van der Waals surface area (Å²) in [6, 6.07) is 12.8. The van der Waals surface area contributed by atoms with Crippen LogP contribution in [-0.4, -0.2) is 62.5 Å². The summed E-state index contributed by atoms with van der Waals surface area (Å²) in [5.41, 5.74) is 2.31. The number of benzene rings is 2. The van der Waals surface area contributed by atoms with Crippen LogP contribution in [0.15, 0.2) is 42.5 Å². The Hall–Kier alpha value is -3.06. The summed E-state index contributed by atoms with van der Waals surface area (Å²) in [6.07, 6.45) is 1.86. The molecule has 32 heavy (non-hydrogen) atoms. The van der Waals surface area contributed by atoms with Gasteiger partial charge in [0, 0.05) is 31.9 Å². The molecule has 0 unspecified atom stereocenters. The van der Waals surface area contributed by atoms with Crippen LogP contribution in [0.1, 0.15) is 42.6 Å². The zero-order valence-electron chi connectivity index (χ0n) is 19.8. The van der Waals surface area contributed by atoms with Crippen molar-refractivity contribution in [3.8, 4) is 11.5 Å². The molecule has 7 nitrogen and oxygen atoms in total. The van der Waals surface area contributed by atoms with E-state index in [2.05, 4.69) is 24.1 Å². The van der Waals surface area contributed by atoms with E-state index in [0.29, 0.717) is 30.2 Å². The number of carbonyl (C=O) groups is 2. The van der Waals surface area contributed by atoms with Crippen molar-refractivity contribution in [2.45, 2.75) is 33.2 Å². The van der Waals surface area contributed by atoms with Crippen molar-refractivity contribution in [1.82, 2.24) is 9.80 Å². The van der Waals surface area contributed by atoms with Gasteiger partial charge in [0.15, 0.2) is 11.5 Å². The van der Waals surface area contributed by atoms with Crippen molar-refractivity contribution in [1.29, 1.82) is 0 Å². The third kappa shape index (κ3) is 7.57. The minimum absolute atomic E-state index is 0.0708. The van der Waals surface area contributed by atoms with E-state index < -0.39 is 0 Å². The van der Waals surface area contributed by atoms with E-state index in [4.69, 9.17) is 9.47 Å². The average molecular weight is 442 g/mol. The van der Waals surface area contributed by atoms with Gasteiger partial charge in [0.25, 0.3) is 5.91 Å². The number of amides is 2. The number of methoxy groups -OCH3 is 1. The Morgan fingerprint density at radius 1 is 0.969 bits per heavy atom. The number of hydrogen-bond acceptors (Lipinski definition) is 5. The summed E-state index contributed by atoms with van der Waals surface area (Å²) in [7, 11) is 5.05. The zero-order chi connectivity index (χ0) is 23.5. The van der Waals surface area contributed by atoms with Gasteiger partial charge in [-0.2, -0.15) is 0 Å². The molecule has 2 amide bonds. The van der Waals surface area contributed by atoms with Crippen LogP contribution in [0.2, 0.25) is 0 Å². The van der Waals surface area contributed by atoms with E-state index >= 15 is 0 Å². The van der Waals surface area contributed by atoms with Crippen LogP contribution in [0.3, 0.4) is 0 Å². The lowest BCUT2D eigenvalue weighted by Gasteiger charge is -2.22. The van der Waals surface area contributed by atoms with Crippen molar-refractivity contribution < 1.29 is 19.1 Å². The number of ether oxygens (including phenoxy) is 2. The molecule has 7 heteroatoms. The van der Waals surface area contributed by atoms with E-state index in [1.54, 1.807) is 45.5 Å². The van der Waals surface area contributed by atoms with Crippen LogP contribution in [0.25, 0.3) is 0 Å². The largest absolute Gasteiger partial charge is 0.493 e. The van der Waals surface area contributed by atoms with Crippen molar-refractivity contribution in [2.24, 2.45) is 0 Å². The second-order valence-electron chi connectivity index (χ2n) is 7.87. The monoisotopic (exact) mass is 441 g/mol. The lowest BCUT2D eigenvalue weighted by molar-refractivity contribution is -0.117.